The summed E-state index contributed by atoms with van der Waals surface area (Å²) in [6, 6.07) is 4.69. The van der Waals surface area contributed by atoms with Crippen LogP contribution in [0.25, 0.3) is 0 Å². The fraction of sp³-hybridized carbons (Fsp3) is 0.250. The number of hydrogen-bond donors (Lipinski definition) is 2. The van der Waals surface area contributed by atoms with Crippen LogP contribution < -0.4 is 11.5 Å². The van der Waals surface area contributed by atoms with Gasteiger partial charge in [-0.3, -0.25) is 10.1 Å². The van der Waals surface area contributed by atoms with Crippen LogP contribution in [0.2, 0.25) is 0 Å². The molecule has 0 bridgehead atoms. The molecule has 0 amide bonds. The maximum absolute atomic E-state index is 10.5. The normalized spacial score (nSPS) is 10.0. The highest BCUT2D eigenvalue weighted by Crippen LogP contribution is 2.16. The summed E-state index contributed by atoms with van der Waals surface area (Å²) in [5, 5.41) is 10.5. The first-order chi connectivity index (χ1) is 6.17. The van der Waals surface area contributed by atoms with Gasteiger partial charge in [0.1, 0.15) is 0 Å². The van der Waals surface area contributed by atoms with E-state index in [1.807, 2.05) is 0 Å². The third-order valence-corrected chi connectivity index (χ3v) is 1.72. The molecular formula is C8H11N3O2. The summed E-state index contributed by atoms with van der Waals surface area (Å²) < 4.78 is 0. The van der Waals surface area contributed by atoms with Crippen molar-refractivity contribution in [2.24, 2.45) is 11.5 Å². The second-order valence-corrected chi connectivity index (χ2v) is 2.67. The first kappa shape index (κ1) is 9.63. The molecule has 13 heavy (non-hydrogen) atoms. The van der Waals surface area contributed by atoms with Gasteiger partial charge in [-0.2, -0.15) is 0 Å². The Labute approximate surface area is 75.5 Å². The number of hydrogen-bond acceptors (Lipinski definition) is 4. The predicted octanol–water partition coefficient (Wildman–Crippen LogP) is 0.512. The third kappa shape index (κ3) is 2.24. The maximum atomic E-state index is 10.5. The predicted molar refractivity (Wildman–Crippen MR) is 48.9 cm³/mol. The van der Waals surface area contributed by atoms with Crippen LogP contribution in [0.4, 0.5) is 5.69 Å². The number of benzene rings is 1. The lowest BCUT2D eigenvalue weighted by Crippen LogP contribution is -2.02. The zero-order valence-corrected chi connectivity index (χ0v) is 7.06. The van der Waals surface area contributed by atoms with Crippen molar-refractivity contribution < 1.29 is 4.92 Å². The molecule has 0 unspecified atom stereocenters. The molecule has 0 saturated heterocycles. The van der Waals surface area contributed by atoms with Crippen LogP contribution in [-0.4, -0.2) is 4.92 Å². The van der Waals surface area contributed by atoms with E-state index in [2.05, 4.69) is 0 Å². The fourth-order valence-electron chi connectivity index (χ4n) is 1.08. The van der Waals surface area contributed by atoms with Crippen molar-refractivity contribution in [3.05, 3.63) is 39.4 Å². The van der Waals surface area contributed by atoms with Crippen LogP contribution in [0.5, 0.6) is 0 Å². The largest absolute Gasteiger partial charge is 0.326 e. The minimum atomic E-state index is -0.446. The second kappa shape index (κ2) is 3.97. The zero-order chi connectivity index (χ0) is 9.84. The first-order valence-corrected chi connectivity index (χ1v) is 3.84. The topological polar surface area (TPSA) is 95.2 Å². The molecule has 5 nitrogen and oxygen atoms in total. The van der Waals surface area contributed by atoms with Crippen molar-refractivity contribution >= 4 is 5.69 Å². The van der Waals surface area contributed by atoms with Crippen LogP contribution in [0.1, 0.15) is 11.1 Å². The lowest BCUT2D eigenvalue weighted by Gasteiger charge is -2.01. The molecule has 0 aliphatic heterocycles. The molecule has 0 atom stereocenters. The standard InChI is InChI=1S/C8H11N3O2/c9-4-6-1-7(5-10)3-8(2-6)11(12)13/h1-3H,4-5,9-10H2. The van der Waals surface area contributed by atoms with Crippen LogP contribution in [0, 0.1) is 10.1 Å². The summed E-state index contributed by atoms with van der Waals surface area (Å²) in [7, 11) is 0. The van der Waals surface area contributed by atoms with E-state index >= 15 is 0 Å². The summed E-state index contributed by atoms with van der Waals surface area (Å²) in [6.07, 6.45) is 0. The van der Waals surface area contributed by atoms with E-state index in [0.29, 0.717) is 0 Å². The first-order valence-electron chi connectivity index (χ1n) is 3.84. The van der Waals surface area contributed by atoms with Crippen LogP contribution in [0.15, 0.2) is 18.2 Å². The molecule has 0 heterocycles. The summed E-state index contributed by atoms with van der Waals surface area (Å²) in [4.78, 5) is 10.0. The van der Waals surface area contributed by atoms with Gasteiger partial charge in [-0.1, -0.05) is 6.07 Å². The van der Waals surface area contributed by atoms with Crippen molar-refractivity contribution in [2.45, 2.75) is 13.1 Å². The molecule has 0 aliphatic carbocycles. The molecule has 4 N–H and O–H groups in total. The van der Waals surface area contributed by atoms with Gasteiger partial charge in [0.2, 0.25) is 0 Å². The van der Waals surface area contributed by atoms with E-state index in [0.717, 1.165) is 11.1 Å². The van der Waals surface area contributed by atoms with E-state index in [1.54, 1.807) is 6.07 Å². The Morgan fingerprint density at radius 2 is 1.62 bits per heavy atom. The summed E-state index contributed by atoms with van der Waals surface area (Å²) in [6.45, 7) is 0.573. The molecular weight excluding hydrogens is 170 g/mol. The Morgan fingerprint density at radius 3 is 1.92 bits per heavy atom. The van der Waals surface area contributed by atoms with Gasteiger partial charge in [-0.15, -0.1) is 0 Å². The van der Waals surface area contributed by atoms with E-state index in [1.165, 1.54) is 12.1 Å². The van der Waals surface area contributed by atoms with Gasteiger partial charge >= 0.3 is 0 Å². The van der Waals surface area contributed by atoms with Gasteiger partial charge in [-0.25, -0.2) is 0 Å². The lowest BCUT2D eigenvalue weighted by molar-refractivity contribution is -0.385. The van der Waals surface area contributed by atoms with Crippen molar-refractivity contribution in [1.82, 2.24) is 0 Å². The van der Waals surface area contributed by atoms with E-state index < -0.39 is 4.92 Å². The molecule has 0 aromatic heterocycles. The van der Waals surface area contributed by atoms with E-state index in [-0.39, 0.29) is 18.8 Å². The van der Waals surface area contributed by atoms with Gasteiger partial charge in [-0.05, 0) is 11.1 Å². The summed E-state index contributed by atoms with van der Waals surface area (Å²) >= 11 is 0. The van der Waals surface area contributed by atoms with Gasteiger partial charge in [0.25, 0.3) is 5.69 Å². The molecule has 0 radical (unpaired) electrons. The Hall–Kier alpha value is -1.46. The van der Waals surface area contributed by atoms with Crippen molar-refractivity contribution in [3.8, 4) is 0 Å². The Balaban J connectivity index is 3.14. The average molecular weight is 181 g/mol. The van der Waals surface area contributed by atoms with Gasteiger partial charge in [0, 0.05) is 25.2 Å². The summed E-state index contributed by atoms with van der Waals surface area (Å²) in [5.74, 6) is 0. The minimum absolute atomic E-state index is 0.0448. The van der Waals surface area contributed by atoms with Gasteiger partial charge in [0.05, 0.1) is 4.92 Å². The van der Waals surface area contributed by atoms with Crippen molar-refractivity contribution in [2.75, 3.05) is 0 Å². The molecule has 1 rings (SSSR count). The Morgan fingerprint density at radius 1 is 1.15 bits per heavy atom. The number of non-ortho nitro benzene ring substituents is 1. The minimum Gasteiger partial charge on any atom is -0.326 e. The van der Waals surface area contributed by atoms with Crippen LogP contribution >= 0.6 is 0 Å². The monoisotopic (exact) mass is 181 g/mol. The molecule has 1 aromatic rings. The van der Waals surface area contributed by atoms with E-state index in [9.17, 15) is 10.1 Å². The van der Waals surface area contributed by atoms with Crippen LogP contribution in [-0.2, 0) is 13.1 Å². The highest BCUT2D eigenvalue weighted by atomic mass is 16.6. The number of nitro benzene ring substituents is 1. The number of nitro groups is 1. The maximum Gasteiger partial charge on any atom is 0.270 e. The SMILES string of the molecule is NCc1cc(CN)cc([N+](=O)[O-])c1. The van der Waals surface area contributed by atoms with Crippen molar-refractivity contribution in [1.29, 1.82) is 0 Å². The molecule has 70 valence electrons. The highest BCUT2D eigenvalue weighted by molar-refractivity contribution is 5.39. The molecule has 0 fully saturated rings. The average Bonchev–Trinajstić information content (AvgIpc) is 2.16. The summed E-state index contributed by atoms with van der Waals surface area (Å²) in [5.41, 5.74) is 12.3. The number of nitrogens with zero attached hydrogens (tertiary/aromatic N) is 1. The quantitative estimate of drug-likeness (QED) is 0.524. The number of rotatable bonds is 3. The molecule has 0 aliphatic rings. The Kier molecular flexibility index (Phi) is 2.94. The molecule has 0 spiro atoms. The van der Waals surface area contributed by atoms with Gasteiger partial charge in [0.15, 0.2) is 0 Å². The third-order valence-electron chi connectivity index (χ3n) is 1.72. The highest BCUT2D eigenvalue weighted by Gasteiger charge is 2.07. The van der Waals surface area contributed by atoms with Crippen molar-refractivity contribution in [3.63, 3.8) is 0 Å². The second-order valence-electron chi connectivity index (χ2n) is 2.67. The number of nitrogens with two attached hydrogens (primary N) is 2. The van der Waals surface area contributed by atoms with E-state index in [4.69, 9.17) is 11.5 Å². The molecule has 1 aromatic carbocycles. The molecule has 5 heteroatoms. The smallest absolute Gasteiger partial charge is 0.270 e. The zero-order valence-electron chi connectivity index (χ0n) is 7.06. The Bertz CT molecular complexity index is 303. The lowest BCUT2D eigenvalue weighted by atomic mass is 10.1. The molecule has 0 saturated carbocycles. The van der Waals surface area contributed by atoms with Crippen LogP contribution in [0.3, 0.4) is 0 Å². The fourth-order valence-corrected chi connectivity index (χ4v) is 1.08. The van der Waals surface area contributed by atoms with Gasteiger partial charge < -0.3 is 11.5 Å².